The van der Waals surface area contributed by atoms with Gasteiger partial charge in [0.05, 0.1) is 17.8 Å². The zero-order valence-electron chi connectivity index (χ0n) is 9.53. The zero-order chi connectivity index (χ0) is 11.8. The number of anilines is 1. The van der Waals surface area contributed by atoms with Gasteiger partial charge in [-0.2, -0.15) is 0 Å². The first-order valence-electron chi connectivity index (χ1n) is 5.35. The van der Waals surface area contributed by atoms with E-state index in [-0.39, 0.29) is 5.82 Å². The summed E-state index contributed by atoms with van der Waals surface area (Å²) in [5.74, 6) is 0.391. The molecule has 88 valence electrons. The predicted octanol–water partition coefficient (Wildman–Crippen LogP) is 1.80. The Morgan fingerprint density at radius 1 is 1.50 bits per heavy atom. The number of hydrogen-bond donors (Lipinski definition) is 1. The summed E-state index contributed by atoms with van der Waals surface area (Å²) in [5, 5.41) is 9.79. The maximum absolute atomic E-state index is 13.2. The number of fused-ring (bicyclic) bond motifs is 1. The zero-order valence-corrected chi connectivity index (χ0v) is 9.53. The van der Waals surface area contributed by atoms with Gasteiger partial charge < -0.3 is 14.7 Å². The van der Waals surface area contributed by atoms with Crippen molar-refractivity contribution in [3.63, 3.8) is 0 Å². The second-order valence-corrected chi connectivity index (χ2v) is 4.69. The summed E-state index contributed by atoms with van der Waals surface area (Å²) in [6.07, 6.45) is 0. The molecular weight excluding hydrogens is 209 g/mol. The minimum Gasteiger partial charge on any atom is -0.490 e. The van der Waals surface area contributed by atoms with E-state index in [1.54, 1.807) is 19.9 Å². The highest BCUT2D eigenvalue weighted by Crippen LogP contribution is 2.32. The lowest BCUT2D eigenvalue weighted by atomic mass is 10.1. The van der Waals surface area contributed by atoms with Crippen LogP contribution in [0.3, 0.4) is 0 Å². The Hall–Kier alpha value is -1.29. The Balaban J connectivity index is 2.28. The lowest BCUT2D eigenvalue weighted by Crippen LogP contribution is -2.42. The molecule has 16 heavy (non-hydrogen) atoms. The van der Waals surface area contributed by atoms with E-state index < -0.39 is 5.60 Å². The monoisotopic (exact) mass is 225 g/mol. The molecule has 4 heteroatoms. The molecule has 0 bridgehead atoms. The maximum Gasteiger partial charge on any atom is 0.142 e. The smallest absolute Gasteiger partial charge is 0.142 e. The highest BCUT2D eigenvalue weighted by molar-refractivity contribution is 5.60. The van der Waals surface area contributed by atoms with E-state index in [1.165, 1.54) is 12.1 Å². The Bertz CT molecular complexity index is 387. The van der Waals surface area contributed by atoms with Crippen LogP contribution in [0.25, 0.3) is 0 Å². The Morgan fingerprint density at radius 2 is 2.25 bits per heavy atom. The van der Waals surface area contributed by atoms with Crippen molar-refractivity contribution < 1.29 is 14.2 Å². The molecule has 0 saturated heterocycles. The molecule has 2 rings (SSSR count). The minimum absolute atomic E-state index is 0.287. The summed E-state index contributed by atoms with van der Waals surface area (Å²) in [6.45, 7) is 5.17. The van der Waals surface area contributed by atoms with Crippen molar-refractivity contribution in [3.05, 3.63) is 24.0 Å². The molecule has 0 spiro atoms. The maximum atomic E-state index is 13.2. The van der Waals surface area contributed by atoms with Gasteiger partial charge in [0.25, 0.3) is 0 Å². The van der Waals surface area contributed by atoms with Crippen LogP contribution in [0.1, 0.15) is 13.8 Å². The van der Waals surface area contributed by atoms with Gasteiger partial charge in [0, 0.05) is 12.6 Å². The van der Waals surface area contributed by atoms with Crippen molar-refractivity contribution >= 4 is 5.69 Å². The van der Waals surface area contributed by atoms with Crippen molar-refractivity contribution in [2.45, 2.75) is 19.4 Å². The fourth-order valence-electron chi connectivity index (χ4n) is 1.88. The molecule has 1 aromatic rings. The van der Waals surface area contributed by atoms with Crippen LogP contribution in [0.5, 0.6) is 5.75 Å². The Morgan fingerprint density at radius 3 is 2.94 bits per heavy atom. The van der Waals surface area contributed by atoms with E-state index in [9.17, 15) is 9.50 Å². The number of nitrogens with zero attached hydrogens (tertiary/aromatic N) is 1. The molecule has 1 aliphatic rings. The van der Waals surface area contributed by atoms with Gasteiger partial charge >= 0.3 is 0 Å². The molecule has 0 radical (unpaired) electrons. The van der Waals surface area contributed by atoms with Gasteiger partial charge in [0.1, 0.15) is 18.2 Å². The Labute approximate surface area is 94.4 Å². The molecule has 0 amide bonds. The first-order valence-corrected chi connectivity index (χ1v) is 5.35. The lowest BCUT2D eigenvalue weighted by molar-refractivity contribution is 0.0854. The number of benzene rings is 1. The average molecular weight is 225 g/mol. The third kappa shape index (κ3) is 2.44. The summed E-state index contributed by atoms with van der Waals surface area (Å²) in [7, 11) is 0. The van der Waals surface area contributed by atoms with Crippen molar-refractivity contribution in [2.24, 2.45) is 0 Å². The van der Waals surface area contributed by atoms with E-state index >= 15 is 0 Å². The molecule has 1 aromatic carbocycles. The van der Waals surface area contributed by atoms with Gasteiger partial charge in [0.2, 0.25) is 0 Å². The van der Waals surface area contributed by atoms with Gasteiger partial charge in [-0.25, -0.2) is 4.39 Å². The summed E-state index contributed by atoms with van der Waals surface area (Å²) in [4.78, 5) is 1.95. The van der Waals surface area contributed by atoms with E-state index in [4.69, 9.17) is 4.74 Å². The minimum atomic E-state index is -0.805. The van der Waals surface area contributed by atoms with Crippen LogP contribution in [0.4, 0.5) is 10.1 Å². The summed E-state index contributed by atoms with van der Waals surface area (Å²) in [6, 6.07) is 4.45. The van der Waals surface area contributed by atoms with Crippen LogP contribution in [-0.4, -0.2) is 30.4 Å². The summed E-state index contributed by atoms with van der Waals surface area (Å²) >= 11 is 0. The number of hydrogen-bond acceptors (Lipinski definition) is 3. The van der Waals surface area contributed by atoms with Gasteiger partial charge in [-0.15, -0.1) is 0 Å². The third-order valence-electron chi connectivity index (χ3n) is 2.46. The molecular formula is C12H16FNO2. The standard InChI is InChI=1S/C12H16FNO2/c1-12(2,15)8-14-5-6-16-11-4-3-9(13)7-10(11)14/h3-4,7,15H,5-6,8H2,1-2H3. The first kappa shape index (κ1) is 11.2. The van der Waals surface area contributed by atoms with Crippen LogP contribution in [0.15, 0.2) is 18.2 Å². The van der Waals surface area contributed by atoms with Crippen molar-refractivity contribution in [1.82, 2.24) is 0 Å². The molecule has 3 nitrogen and oxygen atoms in total. The van der Waals surface area contributed by atoms with Crippen LogP contribution in [0.2, 0.25) is 0 Å². The Kier molecular flexibility index (Phi) is 2.76. The highest BCUT2D eigenvalue weighted by Gasteiger charge is 2.24. The second kappa shape index (κ2) is 3.94. The number of rotatable bonds is 2. The molecule has 1 heterocycles. The van der Waals surface area contributed by atoms with Crippen molar-refractivity contribution in [3.8, 4) is 5.75 Å². The van der Waals surface area contributed by atoms with Crippen molar-refractivity contribution in [2.75, 3.05) is 24.6 Å². The largest absolute Gasteiger partial charge is 0.490 e. The number of halogens is 1. The molecule has 1 aliphatic heterocycles. The van der Waals surface area contributed by atoms with Crippen LogP contribution in [0, 0.1) is 5.82 Å². The van der Waals surface area contributed by atoms with E-state index in [1.807, 2.05) is 4.90 Å². The molecule has 0 saturated carbocycles. The van der Waals surface area contributed by atoms with E-state index in [0.717, 1.165) is 0 Å². The predicted molar refractivity (Wildman–Crippen MR) is 60.4 cm³/mol. The fraction of sp³-hybridized carbons (Fsp3) is 0.500. The highest BCUT2D eigenvalue weighted by atomic mass is 19.1. The fourth-order valence-corrected chi connectivity index (χ4v) is 1.88. The number of β-amino-alcohol motifs (C(OH)–C–C–N with tert-alkyl or cyclic N) is 1. The molecule has 1 N–H and O–H groups in total. The van der Waals surface area contributed by atoms with Gasteiger partial charge in [-0.3, -0.25) is 0 Å². The van der Waals surface area contributed by atoms with E-state index in [2.05, 4.69) is 0 Å². The number of aliphatic hydroxyl groups is 1. The SMILES string of the molecule is CC(C)(O)CN1CCOc2ccc(F)cc21. The van der Waals surface area contributed by atoms with Gasteiger partial charge in [-0.05, 0) is 26.0 Å². The molecule has 0 fully saturated rings. The molecule has 0 atom stereocenters. The van der Waals surface area contributed by atoms with Crippen LogP contribution in [-0.2, 0) is 0 Å². The van der Waals surface area contributed by atoms with Crippen LogP contribution >= 0.6 is 0 Å². The third-order valence-corrected chi connectivity index (χ3v) is 2.46. The van der Waals surface area contributed by atoms with Gasteiger partial charge in [-0.1, -0.05) is 0 Å². The molecule has 0 aromatic heterocycles. The summed E-state index contributed by atoms with van der Waals surface area (Å²) in [5.41, 5.74) is -0.0885. The molecule has 0 unspecified atom stereocenters. The van der Waals surface area contributed by atoms with Crippen molar-refractivity contribution in [1.29, 1.82) is 0 Å². The normalized spacial score (nSPS) is 15.6. The number of ether oxygens (including phenoxy) is 1. The first-order chi connectivity index (χ1) is 7.46. The quantitative estimate of drug-likeness (QED) is 0.833. The van der Waals surface area contributed by atoms with Crippen LogP contribution < -0.4 is 9.64 Å². The molecule has 0 aliphatic carbocycles. The average Bonchev–Trinajstić information content (AvgIpc) is 2.17. The second-order valence-electron chi connectivity index (χ2n) is 4.69. The van der Waals surface area contributed by atoms with E-state index in [0.29, 0.717) is 31.1 Å². The summed E-state index contributed by atoms with van der Waals surface area (Å²) < 4.78 is 18.6. The lowest BCUT2D eigenvalue weighted by Gasteiger charge is -2.35. The van der Waals surface area contributed by atoms with Gasteiger partial charge in [0.15, 0.2) is 0 Å². The topological polar surface area (TPSA) is 32.7 Å².